The van der Waals surface area contributed by atoms with E-state index >= 15 is 0 Å². The minimum atomic E-state index is -4.68. The van der Waals surface area contributed by atoms with Crippen molar-refractivity contribution in [1.82, 2.24) is 19.9 Å². The van der Waals surface area contributed by atoms with Crippen molar-refractivity contribution < 1.29 is 18.0 Å². The second-order valence-electron chi connectivity index (χ2n) is 6.51. The van der Waals surface area contributed by atoms with Crippen molar-refractivity contribution >= 4 is 38.8 Å². The average molecular weight is 495 g/mol. The lowest BCUT2D eigenvalue weighted by Crippen LogP contribution is -2.27. The van der Waals surface area contributed by atoms with E-state index in [9.17, 15) is 18.0 Å². The van der Waals surface area contributed by atoms with Crippen LogP contribution in [0.2, 0.25) is 0 Å². The van der Waals surface area contributed by atoms with Crippen molar-refractivity contribution in [2.75, 3.05) is 0 Å². The number of benzene rings is 1. The molecule has 0 aliphatic rings. The third-order valence-electron chi connectivity index (χ3n) is 4.46. The molecule has 0 spiro atoms. The van der Waals surface area contributed by atoms with E-state index in [-0.39, 0.29) is 27.5 Å². The van der Waals surface area contributed by atoms with Gasteiger partial charge in [-0.3, -0.25) is 4.79 Å². The first-order valence-corrected chi connectivity index (χ1v) is 10.5. The van der Waals surface area contributed by atoms with Crippen LogP contribution in [0.3, 0.4) is 0 Å². The van der Waals surface area contributed by atoms with Crippen LogP contribution in [0, 0.1) is 0 Å². The summed E-state index contributed by atoms with van der Waals surface area (Å²) in [6.45, 7) is 1.78. The third kappa shape index (κ3) is 3.84. The molecule has 0 bridgehead atoms. The Labute approximate surface area is 181 Å². The Morgan fingerprint density at radius 2 is 1.93 bits per heavy atom. The number of carbonyl (C=O) groups excluding carboxylic acids is 1. The SMILES string of the molecule is C[C@H](NC(=O)c1nn2c(C(F)(F)F)cc(-c3cccs3)nc2c1Br)c1ccccc1. The first-order valence-electron chi connectivity index (χ1n) is 8.82. The Morgan fingerprint density at radius 1 is 1.20 bits per heavy atom. The largest absolute Gasteiger partial charge is 0.433 e. The van der Waals surface area contributed by atoms with E-state index < -0.39 is 17.8 Å². The molecule has 3 aromatic heterocycles. The molecule has 1 amide bonds. The van der Waals surface area contributed by atoms with E-state index in [2.05, 4.69) is 31.3 Å². The summed E-state index contributed by atoms with van der Waals surface area (Å²) in [7, 11) is 0. The Balaban J connectivity index is 1.78. The van der Waals surface area contributed by atoms with Gasteiger partial charge in [-0.2, -0.15) is 18.3 Å². The van der Waals surface area contributed by atoms with Gasteiger partial charge >= 0.3 is 6.18 Å². The number of amides is 1. The molecule has 3 heterocycles. The topological polar surface area (TPSA) is 59.3 Å². The van der Waals surface area contributed by atoms with Gasteiger partial charge < -0.3 is 5.32 Å². The fourth-order valence-electron chi connectivity index (χ4n) is 2.98. The second kappa shape index (κ2) is 7.84. The van der Waals surface area contributed by atoms with Crippen molar-refractivity contribution in [2.24, 2.45) is 0 Å². The molecular formula is C20H14BrF3N4OS. The van der Waals surface area contributed by atoms with E-state index in [1.165, 1.54) is 11.3 Å². The Kier molecular flexibility index (Phi) is 5.37. The quantitative estimate of drug-likeness (QED) is 0.394. The average Bonchev–Trinajstić information content (AvgIpc) is 3.36. The van der Waals surface area contributed by atoms with Crippen LogP contribution in [-0.4, -0.2) is 20.5 Å². The van der Waals surface area contributed by atoms with Gasteiger partial charge in [-0.1, -0.05) is 36.4 Å². The summed E-state index contributed by atoms with van der Waals surface area (Å²) < 4.78 is 41.9. The molecule has 0 saturated heterocycles. The second-order valence-corrected chi connectivity index (χ2v) is 8.25. The van der Waals surface area contributed by atoms with E-state index in [1.807, 2.05) is 30.3 Å². The number of fused-ring (bicyclic) bond motifs is 1. The highest BCUT2D eigenvalue weighted by Crippen LogP contribution is 2.35. The van der Waals surface area contributed by atoms with Crippen molar-refractivity contribution in [1.29, 1.82) is 0 Å². The summed E-state index contributed by atoms with van der Waals surface area (Å²) in [5, 5.41) is 8.44. The molecule has 30 heavy (non-hydrogen) atoms. The zero-order chi connectivity index (χ0) is 21.5. The lowest BCUT2D eigenvalue weighted by Gasteiger charge is -2.13. The van der Waals surface area contributed by atoms with Crippen molar-refractivity contribution in [2.45, 2.75) is 19.1 Å². The molecule has 1 aromatic carbocycles. The molecule has 0 saturated carbocycles. The van der Waals surface area contributed by atoms with Crippen LogP contribution in [0.25, 0.3) is 16.2 Å². The van der Waals surface area contributed by atoms with Gasteiger partial charge in [-0.05, 0) is 45.9 Å². The number of nitrogens with zero attached hydrogens (tertiary/aromatic N) is 3. The van der Waals surface area contributed by atoms with Gasteiger partial charge in [0, 0.05) is 0 Å². The van der Waals surface area contributed by atoms with Gasteiger partial charge in [-0.25, -0.2) is 9.50 Å². The summed E-state index contributed by atoms with van der Waals surface area (Å²) in [5.74, 6) is -0.602. The molecule has 1 atom stereocenters. The Morgan fingerprint density at radius 3 is 2.57 bits per heavy atom. The zero-order valence-corrected chi connectivity index (χ0v) is 17.8. The van der Waals surface area contributed by atoms with E-state index in [4.69, 9.17) is 0 Å². The van der Waals surface area contributed by atoms with E-state index in [0.29, 0.717) is 9.39 Å². The fraction of sp³-hybridized carbons (Fsp3) is 0.150. The summed E-state index contributed by atoms with van der Waals surface area (Å²) in [6, 6.07) is 13.2. The number of aromatic nitrogens is 3. The molecule has 4 aromatic rings. The standard InChI is InChI=1S/C20H14BrF3N4OS/c1-11(12-6-3-2-4-7-12)25-19(29)17-16(21)18-26-13(14-8-5-9-30-14)10-15(20(22,23)24)28(18)27-17/h2-11H,1H3,(H,25,29)/t11-/m0/s1. The summed E-state index contributed by atoms with van der Waals surface area (Å²) >= 11 is 4.50. The molecule has 0 aliphatic heterocycles. The van der Waals surface area contributed by atoms with Gasteiger partial charge in [0.1, 0.15) is 0 Å². The van der Waals surface area contributed by atoms with Gasteiger partial charge in [0.15, 0.2) is 17.0 Å². The summed E-state index contributed by atoms with van der Waals surface area (Å²) in [4.78, 5) is 17.7. The minimum Gasteiger partial charge on any atom is -0.344 e. The van der Waals surface area contributed by atoms with Gasteiger partial charge in [0.05, 0.1) is 21.1 Å². The predicted molar refractivity (Wildman–Crippen MR) is 111 cm³/mol. The van der Waals surface area contributed by atoms with Crippen LogP contribution in [0.5, 0.6) is 0 Å². The number of thiophene rings is 1. The van der Waals surface area contributed by atoms with E-state index in [0.717, 1.165) is 11.6 Å². The smallest absolute Gasteiger partial charge is 0.344 e. The van der Waals surface area contributed by atoms with Crippen LogP contribution < -0.4 is 5.32 Å². The number of halogens is 4. The zero-order valence-electron chi connectivity index (χ0n) is 15.4. The van der Waals surface area contributed by atoms with Crippen LogP contribution in [0.15, 0.2) is 58.4 Å². The number of rotatable bonds is 4. The molecule has 4 rings (SSSR count). The monoisotopic (exact) mass is 494 g/mol. The first-order chi connectivity index (χ1) is 14.3. The van der Waals surface area contributed by atoms with Crippen molar-refractivity contribution in [3.63, 3.8) is 0 Å². The highest BCUT2D eigenvalue weighted by atomic mass is 79.9. The number of hydrogen-bond donors (Lipinski definition) is 1. The van der Waals surface area contributed by atoms with Crippen molar-refractivity contribution in [3.8, 4) is 10.6 Å². The Hall–Kier alpha value is -2.72. The van der Waals surface area contributed by atoms with Gasteiger partial charge in [-0.15, -0.1) is 11.3 Å². The molecule has 10 heteroatoms. The predicted octanol–water partition coefficient (Wildman–Crippen LogP) is 5.73. The number of nitrogens with one attached hydrogen (secondary N) is 1. The van der Waals surface area contributed by atoms with Gasteiger partial charge in [0.25, 0.3) is 5.91 Å². The van der Waals surface area contributed by atoms with Crippen LogP contribution in [0.4, 0.5) is 13.2 Å². The maximum Gasteiger partial charge on any atom is 0.433 e. The third-order valence-corrected chi connectivity index (χ3v) is 6.08. The number of alkyl halides is 3. The highest BCUT2D eigenvalue weighted by molar-refractivity contribution is 9.10. The number of carbonyl (C=O) groups is 1. The van der Waals surface area contributed by atoms with Gasteiger partial charge in [0.2, 0.25) is 0 Å². The first kappa shape index (κ1) is 20.5. The number of hydrogen-bond acceptors (Lipinski definition) is 4. The van der Waals surface area contributed by atoms with Crippen LogP contribution >= 0.6 is 27.3 Å². The van der Waals surface area contributed by atoms with E-state index in [1.54, 1.807) is 24.4 Å². The molecule has 1 N–H and O–H groups in total. The molecule has 5 nitrogen and oxygen atoms in total. The van der Waals surface area contributed by atoms with Crippen LogP contribution in [0.1, 0.15) is 34.7 Å². The molecule has 0 fully saturated rings. The fourth-order valence-corrected chi connectivity index (χ4v) is 4.18. The summed E-state index contributed by atoms with van der Waals surface area (Å²) in [5.41, 5.74) is -0.230. The molecular weight excluding hydrogens is 481 g/mol. The molecule has 0 aliphatic carbocycles. The summed E-state index contributed by atoms with van der Waals surface area (Å²) in [6.07, 6.45) is -4.68. The lowest BCUT2D eigenvalue weighted by molar-refractivity contribution is -0.142. The highest BCUT2D eigenvalue weighted by Gasteiger charge is 2.36. The molecule has 154 valence electrons. The lowest BCUT2D eigenvalue weighted by atomic mass is 10.1. The molecule has 0 unspecified atom stereocenters. The minimum absolute atomic E-state index is 0.0780. The maximum atomic E-state index is 13.7. The Bertz CT molecular complexity index is 1210. The maximum absolute atomic E-state index is 13.7. The normalized spacial score (nSPS) is 12.8. The van der Waals surface area contributed by atoms with Crippen molar-refractivity contribution in [3.05, 3.63) is 75.3 Å². The van der Waals surface area contributed by atoms with Crippen LogP contribution in [-0.2, 0) is 6.18 Å². The molecule has 0 radical (unpaired) electrons.